The molecule has 2 heterocycles. The number of methoxy groups -OCH3 is 1. The predicted molar refractivity (Wildman–Crippen MR) is 158 cm³/mol. The highest BCUT2D eigenvalue weighted by molar-refractivity contribution is 7.92. The molecular weight excluding hydrogens is 558 g/mol. The lowest BCUT2D eigenvalue weighted by molar-refractivity contribution is 0.0948. The molecule has 0 atom stereocenters. The van der Waals surface area contributed by atoms with Crippen LogP contribution in [0.4, 0.5) is 10.8 Å². The number of carbonyl (C=O) groups is 1. The van der Waals surface area contributed by atoms with Gasteiger partial charge >= 0.3 is 0 Å². The van der Waals surface area contributed by atoms with Crippen LogP contribution in [0.25, 0.3) is 10.2 Å². The van der Waals surface area contributed by atoms with E-state index in [0.29, 0.717) is 17.8 Å². The minimum Gasteiger partial charge on any atom is -0.494 e. The zero-order valence-electron chi connectivity index (χ0n) is 21.4. The molecule has 4 aromatic rings. The lowest BCUT2D eigenvalue weighted by Crippen LogP contribution is -2.48. The largest absolute Gasteiger partial charge is 0.494 e. The topological polar surface area (TPSA) is 104 Å². The summed E-state index contributed by atoms with van der Waals surface area (Å²) in [4.78, 5) is 22.2. The maximum absolute atomic E-state index is 12.6. The Balaban J connectivity index is 0.00000353. The maximum Gasteiger partial charge on any atom is 0.261 e. The molecule has 0 spiro atoms. The summed E-state index contributed by atoms with van der Waals surface area (Å²) < 4.78 is 34.0. The number of piperazine rings is 1. The number of anilines is 2. The number of carbonyl (C=O) groups excluding carboxylic acids is 1. The Kier molecular flexibility index (Phi) is 9.28. The summed E-state index contributed by atoms with van der Waals surface area (Å²) in [5.41, 5.74) is 1.78. The summed E-state index contributed by atoms with van der Waals surface area (Å²) in [5, 5.41) is 3.96. The average molecular weight is 588 g/mol. The molecule has 2 N–H and O–H groups in total. The van der Waals surface area contributed by atoms with E-state index in [1.54, 1.807) is 60.9 Å². The number of benzene rings is 3. The van der Waals surface area contributed by atoms with Gasteiger partial charge in [0, 0.05) is 50.5 Å². The summed E-state index contributed by atoms with van der Waals surface area (Å²) in [6.07, 6.45) is 0. The second-order valence-corrected chi connectivity index (χ2v) is 11.6. The second kappa shape index (κ2) is 12.6. The number of amides is 1. The van der Waals surface area contributed by atoms with Gasteiger partial charge in [-0.2, -0.15) is 0 Å². The predicted octanol–water partition coefficient (Wildman–Crippen LogP) is 4.08. The minimum atomic E-state index is -3.67. The number of para-hydroxylation sites is 1. The molecule has 1 aliphatic rings. The molecule has 1 fully saturated rings. The molecule has 3 aromatic carbocycles. The van der Waals surface area contributed by atoms with Crippen molar-refractivity contribution >= 4 is 60.7 Å². The lowest BCUT2D eigenvalue weighted by atomic mass is 10.2. The molecule has 0 unspecified atom stereocenters. The first-order chi connectivity index (χ1) is 18.4. The third-order valence-electron chi connectivity index (χ3n) is 6.40. The van der Waals surface area contributed by atoms with Crippen LogP contribution in [-0.2, 0) is 10.0 Å². The zero-order valence-corrected chi connectivity index (χ0v) is 23.8. The molecule has 1 saturated heterocycles. The number of hydrogen-bond donors (Lipinski definition) is 2. The van der Waals surface area contributed by atoms with Crippen LogP contribution in [0.1, 0.15) is 10.4 Å². The molecule has 1 aliphatic heterocycles. The Morgan fingerprint density at radius 3 is 2.38 bits per heavy atom. The quantitative estimate of drug-likeness (QED) is 0.304. The van der Waals surface area contributed by atoms with Crippen molar-refractivity contribution in [3.05, 3.63) is 78.4 Å². The van der Waals surface area contributed by atoms with E-state index in [4.69, 9.17) is 9.72 Å². The van der Waals surface area contributed by atoms with E-state index in [0.717, 1.165) is 53.8 Å². The van der Waals surface area contributed by atoms with Crippen LogP contribution >= 0.6 is 23.7 Å². The third kappa shape index (κ3) is 6.80. The molecule has 1 amide bonds. The average Bonchev–Trinajstić information content (AvgIpc) is 3.39. The molecule has 1 aromatic heterocycles. The van der Waals surface area contributed by atoms with E-state index in [1.807, 2.05) is 12.1 Å². The number of rotatable bonds is 9. The number of halogens is 1. The first kappa shape index (κ1) is 28.6. The van der Waals surface area contributed by atoms with E-state index >= 15 is 0 Å². The first-order valence-electron chi connectivity index (χ1n) is 12.3. The van der Waals surface area contributed by atoms with Gasteiger partial charge in [0.05, 0.1) is 16.7 Å². The molecule has 0 aliphatic carbocycles. The summed E-state index contributed by atoms with van der Waals surface area (Å²) in [7, 11) is -2.01. The normalized spacial score (nSPS) is 14.0. The Morgan fingerprint density at radius 2 is 1.69 bits per heavy atom. The van der Waals surface area contributed by atoms with E-state index in [2.05, 4.69) is 25.9 Å². The number of hydrogen-bond acceptors (Lipinski definition) is 8. The SMILES string of the molecule is COc1cccc2sc(N3CCN(CCNC(=O)c4ccc(NS(=O)(=O)c5ccccc5)cc4)CC3)nc12.Cl. The number of nitrogens with one attached hydrogen (secondary N) is 2. The maximum atomic E-state index is 12.6. The van der Waals surface area contributed by atoms with Crippen molar-refractivity contribution in [2.45, 2.75) is 4.90 Å². The third-order valence-corrected chi connectivity index (χ3v) is 8.88. The van der Waals surface area contributed by atoms with Crippen molar-refractivity contribution in [1.82, 2.24) is 15.2 Å². The van der Waals surface area contributed by atoms with Crippen LogP contribution in [0.15, 0.2) is 77.7 Å². The monoisotopic (exact) mass is 587 g/mol. The van der Waals surface area contributed by atoms with E-state index in [9.17, 15) is 13.2 Å². The van der Waals surface area contributed by atoms with Crippen molar-refractivity contribution in [2.75, 3.05) is 56.0 Å². The fourth-order valence-corrected chi connectivity index (χ4v) is 6.42. The van der Waals surface area contributed by atoms with Crippen molar-refractivity contribution in [3.63, 3.8) is 0 Å². The molecule has 12 heteroatoms. The Hall–Kier alpha value is -3.38. The highest BCUT2D eigenvalue weighted by Gasteiger charge is 2.21. The minimum absolute atomic E-state index is 0. The molecule has 5 rings (SSSR count). The lowest BCUT2D eigenvalue weighted by Gasteiger charge is -2.34. The summed E-state index contributed by atoms with van der Waals surface area (Å²) in [6.45, 7) is 4.80. The summed E-state index contributed by atoms with van der Waals surface area (Å²) in [6, 6.07) is 20.5. The molecule has 0 saturated carbocycles. The van der Waals surface area contributed by atoms with Gasteiger partial charge < -0.3 is 15.0 Å². The number of nitrogens with zero attached hydrogens (tertiary/aromatic N) is 3. The van der Waals surface area contributed by atoms with Crippen molar-refractivity contribution < 1.29 is 17.9 Å². The van der Waals surface area contributed by atoms with E-state index in [-0.39, 0.29) is 23.2 Å². The second-order valence-electron chi connectivity index (χ2n) is 8.88. The highest BCUT2D eigenvalue weighted by Crippen LogP contribution is 2.34. The van der Waals surface area contributed by atoms with Gasteiger partial charge in [-0.05, 0) is 48.5 Å². The van der Waals surface area contributed by atoms with Crippen LogP contribution in [0.2, 0.25) is 0 Å². The van der Waals surface area contributed by atoms with Crippen LogP contribution < -0.4 is 19.7 Å². The fraction of sp³-hybridized carbons (Fsp3) is 0.259. The van der Waals surface area contributed by atoms with Crippen LogP contribution in [-0.4, -0.2) is 70.6 Å². The molecule has 206 valence electrons. The molecule has 0 bridgehead atoms. The van der Waals surface area contributed by atoms with Gasteiger partial charge in [-0.25, -0.2) is 13.4 Å². The van der Waals surface area contributed by atoms with Crippen LogP contribution in [0.5, 0.6) is 5.75 Å². The summed E-state index contributed by atoms with van der Waals surface area (Å²) in [5.74, 6) is 0.604. The number of ether oxygens (including phenoxy) is 1. The number of fused-ring (bicyclic) bond motifs is 1. The van der Waals surface area contributed by atoms with Crippen molar-refractivity contribution in [3.8, 4) is 5.75 Å². The van der Waals surface area contributed by atoms with Crippen molar-refractivity contribution in [2.24, 2.45) is 0 Å². The van der Waals surface area contributed by atoms with E-state index in [1.165, 1.54) is 12.1 Å². The Labute approximate surface area is 238 Å². The smallest absolute Gasteiger partial charge is 0.261 e. The van der Waals surface area contributed by atoms with Gasteiger partial charge in [0.2, 0.25) is 0 Å². The molecular formula is C27H30ClN5O4S2. The van der Waals surface area contributed by atoms with E-state index < -0.39 is 10.0 Å². The van der Waals surface area contributed by atoms with Gasteiger partial charge in [-0.1, -0.05) is 35.6 Å². The van der Waals surface area contributed by atoms with Gasteiger partial charge in [0.25, 0.3) is 15.9 Å². The fourth-order valence-electron chi connectivity index (χ4n) is 4.31. The molecule has 39 heavy (non-hydrogen) atoms. The number of sulfonamides is 1. The van der Waals surface area contributed by atoms with Crippen molar-refractivity contribution in [1.29, 1.82) is 0 Å². The van der Waals surface area contributed by atoms with Gasteiger partial charge in [0.15, 0.2) is 5.13 Å². The molecule has 0 radical (unpaired) electrons. The van der Waals surface area contributed by atoms with Gasteiger partial charge in [0.1, 0.15) is 11.3 Å². The standard InChI is InChI=1S/C27H29N5O4S2.ClH/c1-36-23-8-5-9-24-25(23)29-27(37-24)32-18-16-31(17-19-32)15-14-28-26(33)20-10-12-21(13-11-20)30-38(34,35)22-6-3-2-4-7-22;/h2-13,30H,14-19H2,1H3,(H,28,33);1H. The van der Waals surface area contributed by atoms with Crippen LogP contribution in [0, 0.1) is 0 Å². The number of aromatic nitrogens is 1. The zero-order chi connectivity index (χ0) is 26.5. The van der Waals surface area contributed by atoms with Gasteiger partial charge in [-0.15, -0.1) is 12.4 Å². The van der Waals surface area contributed by atoms with Crippen LogP contribution in [0.3, 0.4) is 0 Å². The highest BCUT2D eigenvalue weighted by atomic mass is 35.5. The first-order valence-corrected chi connectivity index (χ1v) is 14.6. The van der Waals surface area contributed by atoms with Gasteiger partial charge in [-0.3, -0.25) is 14.4 Å². The molecule has 9 nitrogen and oxygen atoms in total. The Morgan fingerprint density at radius 1 is 0.974 bits per heavy atom. The summed E-state index contributed by atoms with van der Waals surface area (Å²) >= 11 is 1.68. The Bertz CT molecular complexity index is 1510. The number of thiazole rings is 1.